The highest BCUT2D eigenvalue weighted by Crippen LogP contribution is 2.23. The molecule has 0 saturated carbocycles. The first-order chi connectivity index (χ1) is 11.0. The van der Waals surface area contributed by atoms with Gasteiger partial charge in [-0.05, 0) is 48.9 Å². The van der Waals surface area contributed by atoms with Crippen molar-refractivity contribution in [1.29, 1.82) is 0 Å². The van der Waals surface area contributed by atoms with Crippen LogP contribution in [0.15, 0.2) is 56.7 Å². The fourth-order valence-electron chi connectivity index (χ4n) is 1.93. The van der Waals surface area contributed by atoms with E-state index in [9.17, 15) is 16.8 Å². The predicted octanol–water partition coefficient (Wildman–Crippen LogP) is 2.81. The van der Waals surface area contributed by atoms with Gasteiger partial charge in [-0.3, -0.25) is 4.72 Å². The zero-order valence-electron chi connectivity index (χ0n) is 13.3. The number of halogens is 1. The average Bonchev–Trinajstić information content (AvgIpc) is 2.49. The van der Waals surface area contributed by atoms with Gasteiger partial charge in [0.2, 0.25) is 10.0 Å². The van der Waals surface area contributed by atoms with Crippen molar-refractivity contribution in [3.05, 3.63) is 52.5 Å². The van der Waals surface area contributed by atoms with E-state index in [1.54, 1.807) is 13.0 Å². The monoisotopic (exact) mass is 432 g/mol. The van der Waals surface area contributed by atoms with Crippen molar-refractivity contribution < 1.29 is 16.8 Å². The van der Waals surface area contributed by atoms with Gasteiger partial charge in [-0.1, -0.05) is 22.0 Å². The van der Waals surface area contributed by atoms with Gasteiger partial charge in [-0.2, -0.15) is 0 Å². The normalized spacial score (nSPS) is 12.4. The van der Waals surface area contributed by atoms with E-state index in [1.165, 1.54) is 50.5 Å². The highest BCUT2D eigenvalue weighted by molar-refractivity contribution is 9.10. The summed E-state index contributed by atoms with van der Waals surface area (Å²) in [4.78, 5) is 0.115. The van der Waals surface area contributed by atoms with Crippen LogP contribution in [0, 0.1) is 6.92 Å². The minimum Gasteiger partial charge on any atom is -0.280 e. The van der Waals surface area contributed by atoms with Crippen LogP contribution in [0.3, 0.4) is 0 Å². The Balaban J connectivity index is 2.39. The predicted molar refractivity (Wildman–Crippen MR) is 97.0 cm³/mol. The Kier molecular flexibility index (Phi) is 5.38. The molecule has 0 heterocycles. The summed E-state index contributed by atoms with van der Waals surface area (Å²) in [7, 11) is -4.63. The van der Waals surface area contributed by atoms with E-state index in [4.69, 9.17) is 0 Å². The molecule has 2 aromatic carbocycles. The Morgan fingerprint density at radius 1 is 0.958 bits per heavy atom. The van der Waals surface area contributed by atoms with Crippen molar-refractivity contribution in [1.82, 2.24) is 4.31 Å². The first-order valence-corrected chi connectivity index (χ1v) is 10.6. The van der Waals surface area contributed by atoms with Crippen molar-refractivity contribution >= 4 is 41.7 Å². The fraction of sp³-hybridized carbons (Fsp3) is 0.200. The Labute approximate surface area is 150 Å². The maximum absolute atomic E-state index is 12.5. The molecule has 0 unspecified atom stereocenters. The average molecular weight is 433 g/mol. The molecule has 0 radical (unpaired) electrons. The van der Waals surface area contributed by atoms with E-state index in [0.29, 0.717) is 0 Å². The molecule has 0 aromatic heterocycles. The lowest BCUT2D eigenvalue weighted by Crippen LogP contribution is -2.22. The highest BCUT2D eigenvalue weighted by atomic mass is 79.9. The van der Waals surface area contributed by atoms with Crippen LogP contribution in [0.1, 0.15) is 5.56 Å². The van der Waals surface area contributed by atoms with Crippen LogP contribution in [0.4, 0.5) is 5.69 Å². The number of sulfonamides is 2. The zero-order chi connectivity index (χ0) is 18.1. The first-order valence-electron chi connectivity index (χ1n) is 6.85. The molecule has 6 nitrogen and oxygen atoms in total. The van der Waals surface area contributed by atoms with Crippen molar-refractivity contribution in [3.8, 4) is 0 Å². The number of nitrogens with one attached hydrogen (secondary N) is 1. The van der Waals surface area contributed by atoms with Gasteiger partial charge in [0, 0.05) is 18.6 Å². The van der Waals surface area contributed by atoms with Gasteiger partial charge < -0.3 is 0 Å². The molecule has 0 spiro atoms. The summed E-state index contributed by atoms with van der Waals surface area (Å²) in [6.45, 7) is 1.79. The zero-order valence-corrected chi connectivity index (χ0v) is 16.5. The molecule has 0 amide bonds. The maximum Gasteiger partial charge on any atom is 0.261 e. The highest BCUT2D eigenvalue weighted by Gasteiger charge is 2.19. The van der Waals surface area contributed by atoms with Crippen molar-refractivity contribution in [3.63, 3.8) is 0 Å². The van der Waals surface area contributed by atoms with Crippen LogP contribution in [-0.2, 0) is 20.0 Å². The van der Waals surface area contributed by atoms with E-state index >= 15 is 0 Å². The third-order valence-electron chi connectivity index (χ3n) is 3.30. The fourth-order valence-corrected chi connectivity index (χ4v) is 4.26. The number of benzene rings is 2. The number of hydrogen-bond donors (Lipinski definition) is 1. The number of aryl methyl sites for hydroxylation is 1. The molecule has 0 aliphatic carbocycles. The third kappa shape index (κ3) is 3.97. The first kappa shape index (κ1) is 18.9. The Hall–Kier alpha value is -1.42. The largest absolute Gasteiger partial charge is 0.280 e. The van der Waals surface area contributed by atoms with Crippen molar-refractivity contribution in [2.24, 2.45) is 0 Å². The summed E-state index contributed by atoms with van der Waals surface area (Å²) in [6, 6.07) is 10.3. The van der Waals surface area contributed by atoms with Gasteiger partial charge in [0.05, 0.1) is 15.5 Å². The molecule has 2 rings (SSSR count). The van der Waals surface area contributed by atoms with Gasteiger partial charge in [0.25, 0.3) is 10.0 Å². The van der Waals surface area contributed by atoms with Crippen LogP contribution < -0.4 is 4.72 Å². The molecule has 0 aliphatic rings. The topological polar surface area (TPSA) is 83.5 Å². The molecule has 0 aliphatic heterocycles. The van der Waals surface area contributed by atoms with Gasteiger partial charge in [0.1, 0.15) is 0 Å². The van der Waals surface area contributed by atoms with Crippen LogP contribution >= 0.6 is 15.9 Å². The molecule has 9 heteroatoms. The van der Waals surface area contributed by atoms with Crippen molar-refractivity contribution in [2.75, 3.05) is 18.8 Å². The number of hydrogen-bond acceptors (Lipinski definition) is 4. The molecule has 2 aromatic rings. The van der Waals surface area contributed by atoms with E-state index in [1.807, 2.05) is 0 Å². The Bertz CT molecular complexity index is 971. The molecule has 24 heavy (non-hydrogen) atoms. The summed E-state index contributed by atoms with van der Waals surface area (Å²) in [6.07, 6.45) is 0. The summed E-state index contributed by atoms with van der Waals surface area (Å²) in [5, 5.41) is 0. The minimum absolute atomic E-state index is 0.0136. The second kappa shape index (κ2) is 6.83. The molecule has 1 N–H and O–H groups in total. The van der Waals surface area contributed by atoms with Gasteiger partial charge in [0.15, 0.2) is 0 Å². The molecule has 0 saturated heterocycles. The smallest absolute Gasteiger partial charge is 0.261 e. The second-order valence-corrected chi connectivity index (χ2v) is 10.0. The van der Waals surface area contributed by atoms with E-state index in [-0.39, 0.29) is 15.5 Å². The van der Waals surface area contributed by atoms with Crippen LogP contribution in [0.2, 0.25) is 0 Å². The lowest BCUT2D eigenvalue weighted by atomic mass is 10.2. The second-order valence-electron chi connectivity index (χ2n) is 5.33. The van der Waals surface area contributed by atoms with Crippen molar-refractivity contribution in [2.45, 2.75) is 16.7 Å². The lowest BCUT2D eigenvalue weighted by Gasteiger charge is -2.13. The molecule has 0 fully saturated rings. The van der Waals surface area contributed by atoms with Crippen LogP contribution in [0.5, 0.6) is 0 Å². The molecular formula is C15H17BrN2O4S2. The molecule has 130 valence electrons. The number of anilines is 1. The summed E-state index contributed by atoms with van der Waals surface area (Å²) < 4.78 is 53.5. The van der Waals surface area contributed by atoms with E-state index in [0.717, 1.165) is 14.3 Å². The lowest BCUT2D eigenvalue weighted by molar-refractivity contribution is 0.521. The van der Waals surface area contributed by atoms with Gasteiger partial charge in [-0.15, -0.1) is 0 Å². The summed E-state index contributed by atoms with van der Waals surface area (Å²) in [5.41, 5.74) is 0.959. The quantitative estimate of drug-likeness (QED) is 0.786. The number of rotatable bonds is 5. The maximum atomic E-state index is 12.5. The van der Waals surface area contributed by atoms with Gasteiger partial charge in [-0.25, -0.2) is 21.1 Å². The standard InChI is InChI=1S/C15H17BrN2O4S2/c1-11-9-13(7-8-15(11)16)23(19,20)17-12-5-4-6-14(10-12)24(21,22)18(2)3/h4-10,17H,1-3H3. The molecule has 0 bridgehead atoms. The minimum atomic E-state index is -3.81. The third-order valence-corrected chi connectivity index (χ3v) is 7.38. The SMILES string of the molecule is Cc1cc(S(=O)(=O)Nc2cccc(S(=O)(=O)N(C)C)c2)ccc1Br. The Morgan fingerprint density at radius 3 is 2.21 bits per heavy atom. The van der Waals surface area contributed by atoms with Gasteiger partial charge >= 0.3 is 0 Å². The van der Waals surface area contributed by atoms with Crippen LogP contribution in [-0.4, -0.2) is 35.2 Å². The molecular weight excluding hydrogens is 416 g/mol. The molecule has 0 atom stereocenters. The summed E-state index contributed by atoms with van der Waals surface area (Å²) >= 11 is 3.32. The Morgan fingerprint density at radius 2 is 1.62 bits per heavy atom. The summed E-state index contributed by atoms with van der Waals surface area (Å²) in [5.74, 6) is 0. The van der Waals surface area contributed by atoms with Crippen LogP contribution in [0.25, 0.3) is 0 Å². The van der Waals surface area contributed by atoms with E-state index in [2.05, 4.69) is 20.7 Å². The number of nitrogens with zero attached hydrogens (tertiary/aromatic N) is 1. The van der Waals surface area contributed by atoms with E-state index < -0.39 is 20.0 Å².